The summed E-state index contributed by atoms with van der Waals surface area (Å²) in [5.41, 5.74) is 0.594. The standard InChI is InChI=1S/C17H31N3OS.HI/c1-3-22(21)15-6-4-5-14(11-15)20-16(18-2)19-12-17(9-10-17)13-7-8-13;/h13-15H,3-12H2,1-2H3,(H2,18,19,20);1H. The lowest BCUT2D eigenvalue weighted by atomic mass is 9.95. The Morgan fingerprint density at radius 1 is 1.26 bits per heavy atom. The Balaban J connectivity index is 0.00000192. The van der Waals surface area contributed by atoms with Crippen LogP contribution in [0, 0.1) is 11.3 Å². The van der Waals surface area contributed by atoms with Gasteiger partial charge < -0.3 is 10.6 Å². The van der Waals surface area contributed by atoms with Crippen LogP contribution >= 0.6 is 24.0 Å². The van der Waals surface area contributed by atoms with Gasteiger partial charge in [0.05, 0.1) is 0 Å². The first kappa shape index (κ1) is 19.5. The quantitative estimate of drug-likeness (QED) is 0.369. The van der Waals surface area contributed by atoms with E-state index >= 15 is 0 Å². The molecule has 2 N–H and O–H groups in total. The minimum Gasteiger partial charge on any atom is -0.356 e. The molecule has 0 radical (unpaired) electrons. The van der Waals surface area contributed by atoms with Crippen LogP contribution in [0.3, 0.4) is 0 Å². The topological polar surface area (TPSA) is 53.5 Å². The van der Waals surface area contributed by atoms with E-state index in [4.69, 9.17) is 0 Å². The summed E-state index contributed by atoms with van der Waals surface area (Å²) >= 11 is 0. The average molecular weight is 453 g/mol. The maximum absolute atomic E-state index is 12.1. The zero-order valence-corrected chi connectivity index (χ0v) is 17.6. The molecule has 6 heteroatoms. The fraction of sp³-hybridized carbons (Fsp3) is 0.941. The summed E-state index contributed by atoms with van der Waals surface area (Å²) in [6.07, 6.45) is 10.1. The molecule has 3 aliphatic rings. The Labute approximate surface area is 160 Å². The van der Waals surface area contributed by atoms with E-state index in [2.05, 4.69) is 15.6 Å². The monoisotopic (exact) mass is 453 g/mol. The first-order chi connectivity index (χ1) is 10.7. The molecule has 4 nitrogen and oxygen atoms in total. The third kappa shape index (κ3) is 5.06. The van der Waals surface area contributed by atoms with Crippen molar-refractivity contribution in [2.24, 2.45) is 16.3 Å². The molecule has 0 saturated heterocycles. The molecule has 0 amide bonds. The van der Waals surface area contributed by atoms with Crippen molar-refractivity contribution in [1.82, 2.24) is 10.6 Å². The van der Waals surface area contributed by atoms with Crippen LogP contribution in [0.25, 0.3) is 0 Å². The van der Waals surface area contributed by atoms with Crippen molar-refractivity contribution in [3.8, 4) is 0 Å². The van der Waals surface area contributed by atoms with Crippen LogP contribution in [0.5, 0.6) is 0 Å². The van der Waals surface area contributed by atoms with Crippen molar-refractivity contribution in [3.05, 3.63) is 0 Å². The number of hydrogen-bond acceptors (Lipinski definition) is 2. The van der Waals surface area contributed by atoms with Crippen LogP contribution in [0.1, 0.15) is 58.3 Å². The molecule has 3 unspecified atom stereocenters. The minimum atomic E-state index is -0.657. The summed E-state index contributed by atoms with van der Waals surface area (Å²) < 4.78 is 12.1. The van der Waals surface area contributed by atoms with E-state index in [1.807, 2.05) is 14.0 Å². The van der Waals surface area contributed by atoms with Gasteiger partial charge in [0.25, 0.3) is 0 Å². The van der Waals surface area contributed by atoms with Gasteiger partial charge in [-0.15, -0.1) is 24.0 Å². The highest BCUT2D eigenvalue weighted by atomic mass is 127. The maximum Gasteiger partial charge on any atom is 0.191 e. The molecule has 0 heterocycles. The van der Waals surface area contributed by atoms with Gasteiger partial charge in [0.15, 0.2) is 5.96 Å². The molecule has 3 fully saturated rings. The third-order valence-corrected chi connectivity index (χ3v) is 7.53. The smallest absolute Gasteiger partial charge is 0.191 e. The molecule has 0 aromatic rings. The van der Waals surface area contributed by atoms with E-state index < -0.39 is 10.8 Å². The summed E-state index contributed by atoms with van der Waals surface area (Å²) in [6, 6.07) is 0.427. The van der Waals surface area contributed by atoms with Crippen molar-refractivity contribution in [2.45, 2.75) is 69.6 Å². The van der Waals surface area contributed by atoms with E-state index in [0.717, 1.165) is 37.0 Å². The first-order valence-electron chi connectivity index (χ1n) is 9.01. The Morgan fingerprint density at radius 3 is 2.57 bits per heavy atom. The molecule has 3 saturated carbocycles. The largest absolute Gasteiger partial charge is 0.356 e. The number of aliphatic imine (C=N–C) groups is 1. The van der Waals surface area contributed by atoms with Gasteiger partial charge in [0.2, 0.25) is 0 Å². The summed E-state index contributed by atoms with van der Waals surface area (Å²) in [5.74, 6) is 2.71. The summed E-state index contributed by atoms with van der Waals surface area (Å²) in [5, 5.41) is 7.51. The highest BCUT2D eigenvalue weighted by Crippen LogP contribution is 2.60. The lowest BCUT2D eigenvalue weighted by molar-refractivity contribution is 0.403. The van der Waals surface area contributed by atoms with Crippen LogP contribution in [0.15, 0.2) is 4.99 Å². The number of guanidine groups is 1. The van der Waals surface area contributed by atoms with Gasteiger partial charge >= 0.3 is 0 Å². The van der Waals surface area contributed by atoms with E-state index in [1.165, 1.54) is 38.5 Å². The summed E-state index contributed by atoms with van der Waals surface area (Å²) in [4.78, 5) is 4.40. The Morgan fingerprint density at radius 2 is 2.00 bits per heavy atom. The van der Waals surface area contributed by atoms with Crippen LogP contribution in [-0.2, 0) is 10.8 Å². The molecule has 0 aromatic heterocycles. The number of halogens is 1. The van der Waals surface area contributed by atoms with E-state index in [1.54, 1.807) is 0 Å². The van der Waals surface area contributed by atoms with Crippen LogP contribution < -0.4 is 10.6 Å². The number of nitrogens with zero attached hydrogens (tertiary/aromatic N) is 1. The molecule has 3 rings (SSSR count). The van der Waals surface area contributed by atoms with Crippen LogP contribution in [-0.4, -0.2) is 40.8 Å². The van der Waals surface area contributed by atoms with Gasteiger partial charge in [0, 0.05) is 41.4 Å². The zero-order chi connectivity index (χ0) is 15.6. The lowest BCUT2D eigenvalue weighted by Gasteiger charge is -2.30. The Hall–Kier alpha value is 0.150. The summed E-state index contributed by atoms with van der Waals surface area (Å²) in [7, 11) is 1.20. The molecule has 134 valence electrons. The second-order valence-electron chi connectivity index (χ2n) is 7.36. The fourth-order valence-electron chi connectivity index (χ4n) is 3.98. The SMILES string of the molecule is CCS(=O)C1CCCC(NC(=NC)NCC2(C3CC3)CC2)C1.I. The van der Waals surface area contributed by atoms with Crippen LogP contribution in [0.2, 0.25) is 0 Å². The van der Waals surface area contributed by atoms with Crippen molar-refractivity contribution >= 4 is 40.7 Å². The van der Waals surface area contributed by atoms with Gasteiger partial charge in [-0.25, -0.2) is 0 Å². The summed E-state index contributed by atoms with van der Waals surface area (Å²) in [6.45, 7) is 3.11. The molecular weight excluding hydrogens is 421 g/mol. The zero-order valence-electron chi connectivity index (χ0n) is 14.5. The first-order valence-corrected chi connectivity index (χ1v) is 10.4. The Bertz CT molecular complexity index is 449. The third-order valence-electron chi connectivity index (χ3n) is 5.79. The predicted octanol–water partition coefficient (Wildman–Crippen LogP) is 3.04. The molecule has 0 spiro atoms. The molecule has 0 aliphatic heterocycles. The van der Waals surface area contributed by atoms with Gasteiger partial charge in [-0.1, -0.05) is 13.3 Å². The van der Waals surface area contributed by atoms with Gasteiger partial charge in [-0.3, -0.25) is 9.20 Å². The lowest BCUT2D eigenvalue weighted by Crippen LogP contribution is -2.48. The normalized spacial score (nSPS) is 31.0. The highest BCUT2D eigenvalue weighted by molar-refractivity contribution is 14.0. The fourth-order valence-corrected chi connectivity index (χ4v) is 5.33. The number of rotatable bonds is 6. The van der Waals surface area contributed by atoms with Crippen molar-refractivity contribution in [2.75, 3.05) is 19.3 Å². The van der Waals surface area contributed by atoms with Gasteiger partial charge in [-0.2, -0.15) is 0 Å². The second kappa shape index (κ2) is 8.50. The average Bonchev–Trinajstić information content (AvgIpc) is 3.43. The maximum atomic E-state index is 12.1. The van der Waals surface area contributed by atoms with Crippen LogP contribution in [0.4, 0.5) is 0 Å². The van der Waals surface area contributed by atoms with E-state index in [9.17, 15) is 4.21 Å². The molecule has 3 atom stereocenters. The van der Waals surface area contributed by atoms with Crippen molar-refractivity contribution in [1.29, 1.82) is 0 Å². The van der Waals surface area contributed by atoms with E-state index in [-0.39, 0.29) is 24.0 Å². The molecule has 23 heavy (non-hydrogen) atoms. The minimum absolute atomic E-state index is 0. The van der Waals surface area contributed by atoms with E-state index in [0.29, 0.717) is 16.7 Å². The number of nitrogens with one attached hydrogen (secondary N) is 2. The number of hydrogen-bond donors (Lipinski definition) is 2. The highest BCUT2D eigenvalue weighted by Gasteiger charge is 2.53. The molecular formula is C17H32IN3OS. The molecule has 0 aromatic carbocycles. The predicted molar refractivity (Wildman–Crippen MR) is 109 cm³/mol. The Kier molecular flexibility index (Phi) is 7.19. The second-order valence-corrected chi connectivity index (χ2v) is 9.37. The molecule has 0 bridgehead atoms. The molecule has 3 aliphatic carbocycles. The van der Waals surface area contributed by atoms with Gasteiger partial charge in [-0.05, 0) is 56.3 Å². The van der Waals surface area contributed by atoms with Crippen molar-refractivity contribution in [3.63, 3.8) is 0 Å². The van der Waals surface area contributed by atoms with Crippen molar-refractivity contribution < 1.29 is 4.21 Å². The van der Waals surface area contributed by atoms with Gasteiger partial charge in [0.1, 0.15) is 0 Å².